The quantitative estimate of drug-likeness (QED) is 0.374. The molecular weight excluding hydrogens is 452 g/mol. The molecule has 0 aliphatic carbocycles. The number of hydrogen-bond acceptors (Lipinski definition) is 6. The lowest BCUT2D eigenvalue weighted by Gasteiger charge is -2.03. The molecule has 4 aromatic rings. The maximum atomic E-state index is 12.5. The summed E-state index contributed by atoms with van der Waals surface area (Å²) in [5, 5.41) is 8.80. The first-order valence-electron chi connectivity index (χ1n) is 9.28. The number of carbonyl (C=O) groups excluding carboxylic acids is 2. The molecule has 31 heavy (non-hydrogen) atoms. The Morgan fingerprint density at radius 2 is 1.71 bits per heavy atom. The number of aromatic nitrogens is 2. The molecular formula is C22H17ClN4O2S2. The summed E-state index contributed by atoms with van der Waals surface area (Å²) in [7, 11) is 0. The van der Waals surface area contributed by atoms with Crippen molar-refractivity contribution < 1.29 is 9.59 Å². The summed E-state index contributed by atoms with van der Waals surface area (Å²) < 4.78 is 0. The lowest BCUT2D eigenvalue weighted by Crippen LogP contribution is -2.12. The van der Waals surface area contributed by atoms with Crippen molar-refractivity contribution in [1.82, 2.24) is 9.97 Å². The molecule has 0 aliphatic heterocycles. The van der Waals surface area contributed by atoms with Crippen LogP contribution in [0.4, 0.5) is 10.3 Å². The third-order valence-corrected chi connectivity index (χ3v) is 6.56. The van der Waals surface area contributed by atoms with E-state index in [1.54, 1.807) is 30.3 Å². The van der Waals surface area contributed by atoms with E-state index in [4.69, 9.17) is 11.6 Å². The van der Waals surface area contributed by atoms with Crippen molar-refractivity contribution in [3.05, 3.63) is 81.3 Å². The van der Waals surface area contributed by atoms with Crippen molar-refractivity contribution in [2.24, 2.45) is 0 Å². The maximum absolute atomic E-state index is 12.5. The highest BCUT2D eigenvalue weighted by molar-refractivity contribution is 7.20. The normalized spacial score (nSPS) is 10.7. The fraction of sp³-hybridized carbons (Fsp3) is 0.0909. The highest BCUT2D eigenvalue weighted by Gasteiger charge is 2.17. The first-order chi connectivity index (χ1) is 14.9. The molecule has 0 spiro atoms. The Morgan fingerprint density at radius 1 is 0.935 bits per heavy atom. The average molecular weight is 469 g/mol. The number of benzene rings is 2. The van der Waals surface area contributed by atoms with Gasteiger partial charge in [0.15, 0.2) is 10.3 Å². The highest BCUT2D eigenvalue weighted by atomic mass is 35.5. The first kappa shape index (κ1) is 21.2. The molecule has 4 rings (SSSR count). The van der Waals surface area contributed by atoms with Crippen molar-refractivity contribution in [2.75, 3.05) is 10.6 Å². The molecule has 6 nitrogen and oxygen atoms in total. The zero-order valence-electron chi connectivity index (χ0n) is 16.6. The van der Waals surface area contributed by atoms with Crippen molar-refractivity contribution in [2.45, 2.75) is 13.8 Å². The van der Waals surface area contributed by atoms with Gasteiger partial charge in [-0.1, -0.05) is 52.8 Å². The number of carbonyl (C=O) groups is 2. The van der Waals surface area contributed by atoms with E-state index in [0.717, 1.165) is 16.1 Å². The molecule has 0 radical (unpaired) electrons. The molecule has 2 aromatic carbocycles. The Kier molecular flexibility index (Phi) is 6.13. The van der Waals surface area contributed by atoms with Crippen molar-refractivity contribution in [3.8, 4) is 10.6 Å². The van der Waals surface area contributed by atoms with Crippen LogP contribution >= 0.6 is 34.3 Å². The molecule has 156 valence electrons. The van der Waals surface area contributed by atoms with Crippen molar-refractivity contribution in [1.29, 1.82) is 0 Å². The van der Waals surface area contributed by atoms with Crippen molar-refractivity contribution >= 4 is 56.4 Å². The third-order valence-electron chi connectivity index (χ3n) is 4.37. The van der Waals surface area contributed by atoms with Gasteiger partial charge in [-0.15, -0.1) is 11.3 Å². The Balaban J connectivity index is 1.49. The minimum absolute atomic E-state index is 0.210. The second-order valence-corrected chi connectivity index (χ2v) is 8.99. The van der Waals surface area contributed by atoms with Crippen LogP contribution in [0.25, 0.3) is 10.6 Å². The van der Waals surface area contributed by atoms with E-state index < -0.39 is 0 Å². The van der Waals surface area contributed by atoms with Crippen LogP contribution in [-0.2, 0) is 0 Å². The Hall–Kier alpha value is -3.07. The lowest BCUT2D eigenvalue weighted by atomic mass is 10.1. The van der Waals surface area contributed by atoms with E-state index in [1.807, 2.05) is 37.4 Å². The van der Waals surface area contributed by atoms with E-state index >= 15 is 0 Å². The predicted octanol–water partition coefficient (Wildman–Crippen LogP) is 6.04. The molecule has 9 heteroatoms. The number of aryl methyl sites for hydroxylation is 2. The van der Waals surface area contributed by atoms with Gasteiger partial charge in [-0.2, -0.15) is 0 Å². The summed E-state index contributed by atoms with van der Waals surface area (Å²) in [6, 6.07) is 14.2. The van der Waals surface area contributed by atoms with Crippen LogP contribution in [0.1, 0.15) is 32.0 Å². The third kappa shape index (κ3) is 4.82. The smallest absolute Gasteiger partial charge is 0.258 e. The minimum atomic E-state index is -0.324. The van der Waals surface area contributed by atoms with Crippen molar-refractivity contribution in [3.63, 3.8) is 0 Å². The van der Waals surface area contributed by atoms with E-state index in [1.165, 1.54) is 22.7 Å². The molecule has 0 atom stereocenters. The lowest BCUT2D eigenvalue weighted by molar-refractivity contribution is 0.101. The molecule has 2 heterocycles. The monoisotopic (exact) mass is 468 g/mol. The number of hydrogen-bond donors (Lipinski definition) is 2. The summed E-state index contributed by atoms with van der Waals surface area (Å²) in [6.07, 6.45) is 0. The summed E-state index contributed by atoms with van der Waals surface area (Å²) in [5.74, 6) is -0.534. The van der Waals surface area contributed by atoms with Gasteiger partial charge in [0.05, 0.1) is 26.9 Å². The summed E-state index contributed by atoms with van der Waals surface area (Å²) in [5.41, 5.74) is 3.40. The molecule has 0 saturated carbocycles. The molecule has 2 amide bonds. The largest absolute Gasteiger partial charge is 0.298 e. The number of nitrogens with one attached hydrogen (secondary N) is 2. The van der Waals surface area contributed by atoms with Gasteiger partial charge < -0.3 is 0 Å². The summed E-state index contributed by atoms with van der Waals surface area (Å²) in [6.45, 7) is 3.79. The van der Waals surface area contributed by atoms with E-state index in [9.17, 15) is 9.59 Å². The van der Waals surface area contributed by atoms with Crippen LogP contribution in [0.2, 0.25) is 5.02 Å². The number of amides is 2. The Morgan fingerprint density at radius 3 is 2.48 bits per heavy atom. The topological polar surface area (TPSA) is 84.0 Å². The number of nitrogens with zero attached hydrogens (tertiary/aromatic N) is 2. The first-order valence-corrected chi connectivity index (χ1v) is 11.4. The van der Waals surface area contributed by atoms with E-state index in [-0.39, 0.29) is 11.8 Å². The Labute approximate surface area is 192 Å². The van der Waals surface area contributed by atoms with E-state index in [0.29, 0.717) is 32.1 Å². The summed E-state index contributed by atoms with van der Waals surface area (Å²) in [4.78, 5) is 34.7. The fourth-order valence-corrected chi connectivity index (χ4v) is 4.80. The van der Waals surface area contributed by atoms with Crippen LogP contribution in [0.15, 0.2) is 53.9 Å². The summed E-state index contributed by atoms with van der Waals surface area (Å²) >= 11 is 8.74. The fourth-order valence-electron chi connectivity index (χ4n) is 2.89. The van der Waals surface area contributed by atoms with Crippen LogP contribution in [-0.4, -0.2) is 21.8 Å². The zero-order chi connectivity index (χ0) is 22.0. The molecule has 2 aromatic heterocycles. The van der Waals surface area contributed by atoms with Gasteiger partial charge in [0, 0.05) is 10.9 Å². The average Bonchev–Trinajstić information content (AvgIpc) is 3.34. The second kappa shape index (κ2) is 8.97. The molecule has 0 unspecified atom stereocenters. The molecule has 0 aliphatic rings. The molecule has 0 saturated heterocycles. The maximum Gasteiger partial charge on any atom is 0.258 e. The van der Waals surface area contributed by atoms with Crippen LogP contribution in [0.3, 0.4) is 0 Å². The van der Waals surface area contributed by atoms with Gasteiger partial charge in [-0.05, 0) is 38.1 Å². The van der Waals surface area contributed by atoms with Gasteiger partial charge in [-0.25, -0.2) is 9.97 Å². The SMILES string of the molecule is Cc1cccc(C(=O)Nc2nc(-c3sc(NC(=O)c4ccccc4Cl)nc3C)cs2)c1. The van der Waals surface area contributed by atoms with E-state index in [2.05, 4.69) is 20.6 Å². The number of anilines is 2. The number of thiazole rings is 2. The zero-order valence-corrected chi connectivity index (χ0v) is 19.0. The molecule has 0 fully saturated rings. The van der Waals surface area contributed by atoms with Gasteiger partial charge in [-0.3, -0.25) is 20.2 Å². The number of halogens is 1. The van der Waals surface area contributed by atoms with Gasteiger partial charge in [0.2, 0.25) is 0 Å². The second-order valence-electron chi connectivity index (χ2n) is 6.73. The molecule has 2 N–H and O–H groups in total. The highest BCUT2D eigenvalue weighted by Crippen LogP contribution is 2.35. The van der Waals surface area contributed by atoms with Crippen LogP contribution in [0.5, 0.6) is 0 Å². The van der Waals surface area contributed by atoms with Gasteiger partial charge in [0.25, 0.3) is 11.8 Å². The molecule has 0 bridgehead atoms. The predicted molar refractivity (Wildman–Crippen MR) is 126 cm³/mol. The van der Waals surface area contributed by atoms with Crippen LogP contribution < -0.4 is 10.6 Å². The van der Waals surface area contributed by atoms with Gasteiger partial charge in [0.1, 0.15) is 0 Å². The number of rotatable bonds is 5. The van der Waals surface area contributed by atoms with Gasteiger partial charge >= 0.3 is 0 Å². The standard InChI is InChI=1S/C22H17ClN4O2S2/c1-12-6-5-7-14(10-12)19(28)26-21-25-17(11-30-21)18-13(2)24-22(31-18)27-20(29)15-8-3-4-9-16(15)23/h3-11H,1-2H3,(H,24,27,29)(H,25,26,28). The Bertz CT molecular complexity index is 1280. The van der Waals surface area contributed by atoms with Crippen LogP contribution in [0, 0.1) is 13.8 Å². The minimum Gasteiger partial charge on any atom is -0.298 e.